The number of hydrogen-bond donors (Lipinski definition) is 2. The van der Waals surface area contributed by atoms with Gasteiger partial charge < -0.3 is 5.73 Å². The first-order valence-electron chi connectivity index (χ1n) is 5.42. The second kappa shape index (κ2) is 5.46. The Morgan fingerprint density at radius 3 is 2.63 bits per heavy atom. The third-order valence-corrected chi connectivity index (χ3v) is 3.73. The van der Waals surface area contributed by atoms with Crippen LogP contribution >= 0.6 is 11.6 Å². The van der Waals surface area contributed by atoms with Gasteiger partial charge in [0.05, 0.1) is 5.75 Å². The monoisotopic (exact) mass is 297 g/mol. The van der Waals surface area contributed by atoms with Gasteiger partial charge in [-0.15, -0.1) is 0 Å². The van der Waals surface area contributed by atoms with Crippen molar-refractivity contribution in [1.82, 2.24) is 4.98 Å². The number of aromatic nitrogens is 1. The fourth-order valence-electron chi connectivity index (χ4n) is 1.56. The molecule has 0 saturated heterocycles. The van der Waals surface area contributed by atoms with E-state index in [4.69, 9.17) is 17.3 Å². The second-order valence-electron chi connectivity index (χ2n) is 3.95. The Hall–Kier alpha value is -1.79. The summed E-state index contributed by atoms with van der Waals surface area (Å²) in [6, 6.07) is 11.4. The van der Waals surface area contributed by atoms with Gasteiger partial charge in [0.25, 0.3) is 0 Å². The van der Waals surface area contributed by atoms with E-state index in [-0.39, 0.29) is 16.7 Å². The number of nitrogen functional groups attached to an aromatic ring is 1. The van der Waals surface area contributed by atoms with Crippen molar-refractivity contribution in [2.45, 2.75) is 5.75 Å². The summed E-state index contributed by atoms with van der Waals surface area (Å²) in [6.07, 6.45) is 0. The van der Waals surface area contributed by atoms with Crippen molar-refractivity contribution < 1.29 is 8.42 Å². The maximum Gasteiger partial charge on any atom is 0.238 e. The summed E-state index contributed by atoms with van der Waals surface area (Å²) in [5, 5.41) is 0.226. The summed E-state index contributed by atoms with van der Waals surface area (Å²) in [6.45, 7) is 0. The van der Waals surface area contributed by atoms with Crippen LogP contribution in [-0.4, -0.2) is 13.4 Å². The van der Waals surface area contributed by atoms with Crippen molar-refractivity contribution in [3.8, 4) is 0 Å². The maximum atomic E-state index is 12.0. The topological polar surface area (TPSA) is 85.1 Å². The summed E-state index contributed by atoms with van der Waals surface area (Å²) in [5.74, 6) is 0.0167. The summed E-state index contributed by atoms with van der Waals surface area (Å²) >= 11 is 5.69. The van der Waals surface area contributed by atoms with Crippen LogP contribution < -0.4 is 10.5 Å². The zero-order valence-electron chi connectivity index (χ0n) is 9.88. The Morgan fingerprint density at radius 2 is 1.95 bits per heavy atom. The van der Waals surface area contributed by atoms with Crippen molar-refractivity contribution in [3.05, 3.63) is 53.2 Å². The van der Waals surface area contributed by atoms with Crippen molar-refractivity contribution in [2.75, 3.05) is 10.5 Å². The minimum atomic E-state index is -3.55. The van der Waals surface area contributed by atoms with E-state index in [0.29, 0.717) is 11.3 Å². The molecule has 0 aliphatic heterocycles. The number of benzene rings is 1. The smallest absolute Gasteiger partial charge is 0.238 e. The van der Waals surface area contributed by atoms with Gasteiger partial charge >= 0.3 is 0 Å². The van der Waals surface area contributed by atoms with E-state index >= 15 is 0 Å². The molecule has 1 heterocycles. The number of nitrogens with zero attached hydrogens (tertiary/aromatic N) is 1. The maximum absolute atomic E-state index is 12.0. The zero-order chi connectivity index (χ0) is 13.9. The fourth-order valence-corrected chi connectivity index (χ4v) is 2.85. The lowest BCUT2D eigenvalue weighted by molar-refractivity contribution is 0.600. The molecule has 1 aromatic carbocycles. The number of pyridine rings is 1. The van der Waals surface area contributed by atoms with E-state index < -0.39 is 10.0 Å². The largest absolute Gasteiger partial charge is 0.399 e. The van der Waals surface area contributed by atoms with E-state index in [2.05, 4.69) is 9.71 Å². The summed E-state index contributed by atoms with van der Waals surface area (Å²) < 4.78 is 26.3. The van der Waals surface area contributed by atoms with E-state index in [1.165, 1.54) is 6.07 Å². The predicted molar refractivity (Wildman–Crippen MR) is 76.3 cm³/mol. The number of anilines is 2. The molecular weight excluding hydrogens is 286 g/mol. The number of nitrogens with two attached hydrogens (primary N) is 1. The van der Waals surface area contributed by atoms with Crippen LogP contribution in [0.15, 0.2) is 42.5 Å². The highest BCUT2D eigenvalue weighted by atomic mass is 35.5. The van der Waals surface area contributed by atoms with Gasteiger partial charge in [-0.1, -0.05) is 29.8 Å². The summed E-state index contributed by atoms with van der Waals surface area (Å²) in [4.78, 5) is 3.87. The summed E-state index contributed by atoms with van der Waals surface area (Å²) in [5.41, 5.74) is 6.73. The molecule has 3 N–H and O–H groups in total. The minimum Gasteiger partial charge on any atom is -0.399 e. The number of nitrogens with one attached hydrogen (secondary N) is 1. The Morgan fingerprint density at radius 1 is 1.21 bits per heavy atom. The van der Waals surface area contributed by atoms with Crippen molar-refractivity contribution >= 4 is 33.1 Å². The molecule has 0 aliphatic carbocycles. The Kier molecular flexibility index (Phi) is 3.92. The molecule has 0 unspecified atom stereocenters. The average molecular weight is 298 g/mol. The van der Waals surface area contributed by atoms with E-state index in [1.54, 1.807) is 36.4 Å². The molecule has 0 amide bonds. The van der Waals surface area contributed by atoms with Gasteiger partial charge in [0.15, 0.2) is 0 Å². The standard InChI is InChI=1S/C12H12ClN3O2S/c13-11-5-2-6-12(15-11)16-19(17,18)8-9-3-1-4-10(14)7-9/h1-7H,8,14H2,(H,15,16). The molecule has 100 valence electrons. The lowest BCUT2D eigenvalue weighted by Crippen LogP contribution is -2.16. The van der Waals surface area contributed by atoms with Gasteiger partial charge in [-0.2, -0.15) is 0 Å². The molecule has 0 fully saturated rings. The third kappa shape index (κ3) is 4.11. The van der Waals surface area contributed by atoms with Crippen LogP contribution in [0.5, 0.6) is 0 Å². The van der Waals surface area contributed by atoms with E-state index in [0.717, 1.165) is 0 Å². The highest BCUT2D eigenvalue weighted by molar-refractivity contribution is 7.91. The SMILES string of the molecule is Nc1cccc(CS(=O)(=O)Nc2cccc(Cl)n2)c1. The number of rotatable bonds is 4. The van der Waals surface area contributed by atoms with Crippen molar-refractivity contribution in [2.24, 2.45) is 0 Å². The molecule has 1 aromatic heterocycles. The molecular formula is C12H12ClN3O2S. The second-order valence-corrected chi connectivity index (χ2v) is 6.06. The molecule has 0 radical (unpaired) electrons. The fraction of sp³-hybridized carbons (Fsp3) is 0.0833. The van der Waals surface area contributed by atoms with E-state index in [1.807, 2.05) is 0 Å². The van der Waals surface area contributed by atoms with Crippen molar-refractivity contribution in [3.63, 3.8) is 0 Å². The molecule has 0 aliphatic rings. The molecule has 0 atom stereocenters. The van der Waals surface area contributed by atoms with Gasteiger partial charge in [-0.05, 0) is 29.8 Å². The number of sulfonamides is 1. The molecule has 2 rings (SSSR count). The van der Waals surface area contributed by atoms with E-state index in [9.17, 15) is 8.42 Å². The summed E-state index contributed by atoms with van der Waals surface area (Å²) in [7, 11) is -3.55. The van der Waals surface area contributed by atoms with Crippen LogP contribution in [0.25, 0.3) is 0 Å². The lowest BCUT2D eigenvalue weighted by atomic mass is 10.2. The molecule has 5 nitrogen and oxygen atoms in total. The zero-order valence-corrected chi connectivity index (χ0v) is 11.4. The highest BCUT2D eigenvalue weighted by Crippen LogP contribution is 2.14. The van der Waals surface area contributed by atoms with Gasteiger partial charge in [0, 0.05) is 5.69 Å². The van der Waals surface area contributed by atoms with Crippen LogP contribution in [0, 0.1) is 0 Å². The van der Waals surface area contributed by atoms with Crippen LogP contribution in [0.2, 0.25) is 5.15 Å². The van der Waals surface area contributed by atoms with Crippen molar-refractivity contribution in [1.29, 1.82) is 0 Å². The van der Waals surface area contributed by atoms with Crippen LogP contribution in [-0.2, 0) is 15.8 Å². The highest BCUT2D eigenvalue weighted by Gasteiger charge is 2.12. The first-order chi connectivity index (χ1) is 8.94. The first kappa shape index (κ1) is 13.6. The molecule has 7 heteroatoms. The lowest BCUT2D eigenvalue weighted by Gasteiger charge is -2.07. The molecule has 0 spiro atoms. The first-order valence-corrected chi connectivity index (χ1v) is 7.45. The van der Waals surface area contributed by atoms with Crippen LogP contribution in [0.3, 0.4) is 0 Å². The average Bonchev–Trinajstić information content (AvgIpc) is 2.27. The molecule has 2 aromatic rings. The number of hydrogen-bond acceptors (Lipinski definition) is 4. The Labute approximate surface area is 116 Å². The quantitative estimate of drug-likeness (QED) is 0.669. The Bertz CT molecular complexity index is 635. The predicted octanol–water partition coefficient (Wildman–Crippen LogP) is 2.26. The van der Waals surface area contributed by atoms with Gasteiger partial charge in [-0.3, -0.25) is 4.72 Å². The van der Waals surface area contributed by atoms with Crippen LogP contribution in [0.4, 0.5) is 11.5 Å². The normalized spacial score (nSPS) is 11.2. The van der Waals surface area contributed by atoms with Gasteiger partial charge in [-0.25, -0.2) is 13.4 Å². The minimum absolute atomic E-state index is 0.174. The number of halogens is 1. The molecule has 0 saturated carbocycles. The molecule has 0 bridgehead atoms. The van der Waals surface area contributed by atoms with Gasteiger partial charge in [0.2, 0.25) is 10.0 Å². The Balaban J connectivity index is 2.15. The molecule has 19 heavy (non-hydrogen) atoms. The van der Waals surface area contributed by atoms with Gasteiger partial charge in [0.1, 0.15) is 11.0 Å². The van der Waals surface area contributed by atoms with Crippen LogP contribution in [0.1, 0.15) is 5.56 Å². The third-order valence-electron chi connectivity index (χ3n) is 2.28.